The molecular formula is C22H19FN4O5S2. The van der Waals surface area contributed by atoms with Crippen molar-refractivity contribution in [3.8, 4) is 17.6 Å². The summed E-state index contributed by atoms with van der Waals surface area (Å²) in [6.07, 6.45) is 1.32. The van der Waals surface area contributed by atoms with Crippen LogP contribution in [-0.4, -0.2) is 36.5 Å². The fourth-order valence-electron chi connectivity index (χ4n) is 2.66. The van der Waals surface area contributed by atoms with Crippen LogP contribution < -0.4 is 14.8 Å². The number of anilines is 1. The van der Waals surface area contributed by atoms with Crippen molar-refractivity contribution in [1.29, 1.82) is 5.26 Å². The lowest BCUT2D eigenvalue weighted by molar-refractivity contribution is -0.112. The molecule has 1 N–H and O–H groups in total. The van der Waals surface area contributed by atoms with Crippen LogP contribution in [0.2, 0.25) is 0 Å². The van der Waals surface area contributed by atoms with Crippen molar-refractivity contribution in [1.82, 2.24) is 9.36 Å². The topological polar surface area (TPSA) is 131 Å². The number of nitrogens with zero attached hydrogens (tertiary/aromatic N) is 3. The van der Waals surface area contributed by atoms with Crippen LogP contribution in [0.15, 0.2) is 53.2 Å². The van der Waals surface area contributed by atoms with Gasteiger partial charge >= 0.3 is 0 Å². The molecule has 1 heterocycles. The number of amides is 1. The van der Waals surface area contributed by atoms with Crippen LogP contribution in [0.5, 0.6) is 11.5 Å². The van der Waals surface area contributed by atoms with E-state index >= 15 is 0 Å². The highest BCUT2D eigenvalue weighted by Crippen LogP contribution is 2.30. The Morgan fingerprint density at radius 1 is 1.26 bits per heavy atom. The Hall–Kier alpha value is -3.82. The van der Waals surface area contributed by atoms with Crippen molar-refractivity contribution in [3.63, 3.8) is 0 Å². The van der Waals surface area contributed by atoms with Crippen LogP contribution in [0.3, 0.4) is 0 Å². The Labute approximate surface area is 199 Å². The standard InChI is InChI=1S/C22H19FN4O5S2/c1-3-34(29,30)22-26-21(33-27-22)25-20(28)16(12-24)10-14-8-9-18(19(11-14)31-2)32-13-15-6-4-5-7-17(15)23/h4-11H,3,13H2,1-2H3,(H,25,26,27,28)/b16-10-. The number of benzene rings is 2. The van der Waals surface area contributed by atoms with Gasteiger partial charge in [0.25, 0.3) is 11.1 Å². The van der Waals surface area contributed by atoms with Crippen molar-refractivity contribution < 1.29 is 27.1 Å². The molecule has 0 aliphatic rings. The monoisotopic (exact) mass is 502 g/mol. The van der Waals surface area contributed by atoms with E-state index in [0.29, 0.717) is 34.2 Å². The van der Waals surface area contributed by atoms with Crippen molar-refractivity contribution in [2.24, 2.45) is 0 Å². The van der Waals surface area contributed by atoms with Gasteiger partial charge in [-0.25, -0.2) is 12.8 Å². The summed E-state index contributed by atoms with van der Waals surface area (Å²) in [7, 11) is -2.19. The number of rotatable bonds is 9. The highest BCUT2D eigenvalue weighted by atomic mass is 32.2. The third-order valence-corrected chi connectivity index (χ3v) is 6.74. The van der Waals surface area contributed by atoms with Crippen LogP contribution in [0.1, 0.15) is 18.1 Å². The number of aromatic nitrogens is 2. The van der Waals surface area contributed by atoms with Crippen LogP contribution in [0.25, 0.3) is 6.08 Å². The van der Waals surface area contributed by atoms with Gasteiger partial charge in [-0.2, -0.15) is 14.6 Å². The zero-order valence-electron chi connectivity index (χ0n) is 18.1. The second-order valence-electron chi connectivity index (χ2n) is 6.70. The first-order valence-electron chi connectivity index (χ1n) is 9.81. The molecule has 12 heteroatoms. The molecule has 3 rings (SSSR count). The molecule has 0 aliphatic carbocycles. The van der Waals surface area contributed by atoms with Gasteiger partial charge in [-0.05, 0) is 29.8 Å². The number of carbonyl (C=O) groups excluding carboxylic acids is 1. The molecule has 0 radical (unpaired) electrons. The zero-order chi connectivity index (χ0) is 24.7. The SMILES string of the molecule is CCS(=O)(=O)c1nsc(NC(=O)/C(C#N)=C\c2ccc(OCc3ccccc3F)c(OC)c2)n1. The highest BCUT2D eigenvalue weighted by Gasteiger charge is 2.20. The number of methoxy groups -OCH3 is 1. The van der Waals surface area contributed by atoms with E-state index in [9.17, 15) is 22.9 Å². The summed E-state index contributed by atoms with van der Waals surface area (Å²) in [6, 6.07) is 12.8. The molecule has 176 valence electrons. The maximum Gasteiger partial charge on any atom is 0.268 e. The van der Waals surface area contributed by atoms with E-state index in [-0.39, 0.29) is 34.0 Å². The number of sulfone groups is 1. The largest absolute Gasteiger partial charge is 0.493 e. The van der Waals surface area contributed by atoms with E-state index < -0.39 is 15.7 Å². The molecule has 0 saturated carbocycles. The third kappa shape index (κ3) is 5.94. The Morgan fingerprint density at radius 3 is 2.71 bits per heavy atom. The lowest BCUT2D eigenvalue weighted by Gasteiger charge is -2.12. The summed E-state index contributed by atoms with van der Waals surface area (Å²) in [5.74, 6) is -0.674. The zero-order valence-corrected chi connectivity index (χ0v) is 19.7. The first-order chi connectivity index (χ1) is 16.3. The molecule has 1 amide bonds. The minimum absolute atomic E-state index is 0.0122. The smallest absolute Gasteiger partial charge is 0.268 e. The first-order valence-corrected chi connectivity index (χ1v) is 12.2. The average Bonchev–Trinajstić information content (AvgIpc) is 3.31. The Morgan fingerprint density at radius 2 is 2.03 bits per heavy atom. The minimum atomic E-state index is -3.61. The fraction of sp³-hybridized carbons (Fsp3) is 0.182. The second kappa shape index (κ2) is 10.9. The maximum absolute atomic E-state index is 13.8. The molecule has 0 fully saturated rings. The molecule has 9 nitrogen and oxygen atoms in total. The molecule has 0 unspecified atom stereocenters. The van der Waals surface area contributed by atoms with Gasteiger partial charge in [0.2, 0.25) is 15.0 Å². The predicted molar refractivity (Wildman–Crippen MR) is 124 cm³/mol. The van der Waals surface area contributed by atoms with Gasteiger partial charge in [-0.15, -0.1) is 0 Å². The molecule has 0 atom stereocenters. The fourth-order valence-corrected chi connectivity index (χ4v) is 4.24. The minimum Gasteiger partial charge on any atom is -0.493 e. The van der Waals surface area contributed by atoms with E-state index in [4.69, 9.17) is 9.47 Å². The summed E-state index contributed by atoms with van der Waals surface area (Å²) in [5, 5.41) is 11.4. The lowest BCUT2D eigenvalue weighted by Crippen LogP contribution is -2.13. The average molecular weight is 503 g/mol. The Bertz CT molecular complexity index is 1380. The quantitative estimate of drug-likeness (QED) is 0.347. The van der Waals surface area contributed by atoms with Crippen molar-refractivity contribution in [3.05, 3.63) is 65.0 Å². The summed E-state index contributed by atoms with van der Waals surface area (Å²) in [6.45, 7) is 1.44. The van der Waals surface area contributed by atoms with Gasteiger partial charge in [-0.1, -0.05) is 31.2 Å². The van der Waals surface area contributed by atoms with Crippen molar-refractivity contribution >= 4 is 38.5 Å². The third-order valence-electron chi connectivity index (χ3n) is 4.49. The number of hydrogen-bond acceptors (Lipinski definition) is 9. The molecule has 1 aromatic heterocycles. The summed E-state index contributed by atoms with van der Waals surface area (Å²) < 4.78 is 52.2. The molecule has 3 aromatic rings. The number of hydrogen-bond donors (Lipinski definition) is 1. The number of nitrogens with one attached hydrogen (secondary N) is 1. The van der Waals surface area contributed by atoms with E-state index in [1.807, 2.05) is 0 Å². The van der Waals surface area contributed by atoms with Crippen molar-refractivity contribution in [2.45, 2.75) is 18.7 Å². The number of halogens is 1. The van der Waals surface area contributed by atoms with E-state index in [1.165, 1.54) is 26.2 Å². The first kappa shape index (κ1) is 24.8. The number of nitriles is 1. The molecule has 0 aliphatic heterocycles. The van der Waals surface area contributed by atoms with Gasteiger partial charge in [0, 0.05) is 17.1 Å². The van der Waals surface area contributed by atoms with Gasteiger partial charge in [0.15, 0.2) is 11.5 Å². The molecule has 0 spiro atoms. The van der Waals surface area contributed by atoms with Gasteiger partial charge in [0.1, 0.15) is 24.1 Å². The van der Waals surface area contributed by atoms with E-state index in [1.54, 1.807) is 42.5 Å². The predicted octanol–water partition coefficient (Wildman–Crippen LogP) is 3.60. The Balaban J connectivity index is 1.75. The van der Waals surface area contributed by atoms with Gasteiger partial charge in [0.05, 0.1) is 12.9 Å². The highest BCUT2D eigenvalue weighted by molar-refractivity contribution is 7.91. The number of ether oxygens (including phenoxy) is 2. The number of carbonyl (C=O) groups is 1. The maximum atomic E-state index is 13.8. The Kier molecular flexibility index (Phi) is 7.93. The normalized spacial score (nSPS) is 11.5. The van der Waals surface area contributed by atoms with Crippen molar-refractivity contribution in [2.75, 3.05) is 18.2 Å². The van der Waals surface area contributed by atoms with Gasteiger partial charge in [-0.3, -0.25) is 10.1 Å². The van der Waals surface area contributed by atoms with Crippen LogP contribution >= 0.6 is 11.5 Å². The van der Waals surface area contributed by atoms with Crippen LogP contribution in [-0.2, 0) is 21.2 Å². The molecule has 0 bridgehead atoms. The summed E-state index contributed by atoms with van der Waals surface area (Å²) in [5.41, 5.74) is 0.592. The molecule has 0 saturated heterocycles. The summed E-state index contributed by atoms with van der Waals surface area (Å²) >= 11 is 0.695. The van der Waals surface area contributed by atoms with E-state index in [2.05, 4.69) is 14.7 Å². The molecule has 34 heavy (non-hydrogen) atoms. The second-order valence-corrected chi connectivity index (χ2v) is 9.62. The molecular weight excluding hydrogens is 483 g/mol. The van der Waals surface area contributed by atoms with Crippen LogP contribution in [0, 0.1) is 17.1 Å². The lowest BCUT2D eigenvalue weighted by atomic mass is 10.1. The van der Waals surface area contributed by atoms with E-state index in [0.717, 1.165) is 0 Å². The van der Waals surface area contributed by atoms with Gasteiger partial charge < -0.3 is 9.47 Å². The molecule has 2 aromatic carbocycles. The summed E-state index contributed by atoms with van der Waals surface area (Å²) in [4.78, 5) is 16.3. The van der Waals surface area contributed by atoms with Crippen LogP contribution in [0.4, 0.5) is 9.52 Å².